The van der Waals surface area contributed by atoms with Gasteiger partial charge in [-0.3, -0.25) is 14.4 Å². The molecule has 19 heteroatoms. The van der Waals surface area contributed by atoms with E-state index in [1.807, 2.05) is 6.92 Å². The highest BCUT2D eigenvalue weighted by atomic mass is 35.5. The Bertz CT molecular complexity index is 2620. The van der Waals surface area contributed by atoms with E-state index in [1.54, 1.807) is 74.0 Å². The minimum atomic E-state index is -0.389. The smallest absolute Gasteiger partial charge is 0.254 e. The molecule has 2 aliphatic heterocycles. The lowest BCUT2D eigenvalue weighted by atomic mass is 9.49. The van der Waals surface area contributed by atoms with Crippen LogP contribution in [0.2, 0.25) is 5.02 Å². The third-order valence-electron chi connectivity index (χ3n) is 15.0. The molecule has 3 amide bonds. The van der Waals surface area contributed by atoms with Gasteiger partial charge in [0.2, 0.25) is 17.8 Å². The second-order valence-electron chi connectivity index (χ2n) is 20.7. The summed E-state index contributed by atoms with van der Waals surface area (Å²) in [5.41, 5.74) is 1.78. The van der Waals surface area contributed by atoms with Crippen LogP contribution in [0.4, 0.5) is 29.1 Å². The third-order valence-corrected chi connectivity index (χ3v) is 15.3. The van der Waals surface area contributed by atoms with Gasteiger partial charge in [-0.1, -0.05) is 59.1 Å². The molecule has 2 saturated carbocycles. The van der Waals surface area contributed by atoms with Crippen molar-refractivity contribution < 1.29 is 33.3 Å². The van der Waals surface area contributed by atoms with Gasteiger partial charge in [-0.25, -0.2) is 15.0 Å². The molecule has 0 unspecified atom stereocenters. The lowest BCUT2D eigenvalue weighted by molar-refractivity contribution is -0.164. The van der Waals surface area contributed by atoms with Crippen LogP contribution in [-0.2, 0) is 14.3 Å². The number of rotatable bonds is 21. The molecule has 1 atom stereocenters. The first-order valence-electron chi connectivity index (χ1n) is 25.7. The van der Waals surface area contributed by atoms with E-state index in [2.05, 4.69) is 74.5 Å². The number of hydrogen-bond donors (Lipinski definition) is 3. The van der Waals surface area contributed by atoms with E-state index in [4.69, 9.17) is 35.5 Å². The van der Waals surface area contributed by atoms with E-state index < -0.39 is 0 Å². The molecule has 18 nitrogen and oxygen atoms in total. The van der Waals surface area contributed by atoms with E-state index in [1.165, 1.54) is 0 Å². The Morgan fingerprint density at radius 1 is 0.890 bits per heavy atom. The molecule has 4 aliphatic rings. The second-order valence-corrected chi connectivity index (χ2v) is 21.1. The molecule has 73 heavy (non-hydrogen) atoms. The summed E-state index contributed by atoms with van der Waals surface area (Å²) < 4.78 is 24.1. The lowest BCUT2D eigenvalue weighted by Crippen LogP contribution is -2.74. The Kier molecular flexibility index (Phi) is 16.9. The van der Waals surface area contributed by atoms with Gasteiger partial charge in [0.15, 0.2) is 5.82 Å². The van der Waals surface area contributed by atoms with E-state index >= 15 is 0 Å². The highest BCUT2D eigenvalue weighted by Crippen LogP contribution is 2.55. The fraction of sp³-hybridized carbons (Fsp3) is 0.556. The number of unbranched alkanes of at least 4 members (excludes halogenated alkanes) is 2. The number of carbonyl (C=O) groups excluding carboxylic acids is 3. The normalized spacial score (nSPS) is 20.5. The van der Waals surface area contributed by atoms with Crippen molar-refractivity contribution in [2.45, 2.75) is 129 Å². The fourth-order valence-corrected chi connectivity index (χ4v) is 11.5. The van der Waals surface area contributed by atoms with Gasteiger partial charge < -0.3 is 49.6 Å². The predicted octanol–water partition coefficient (Wildman–Crippen LogP) is 8.26. The number of fused-ring (bicyclic) bond motifs is 1. The number of carbonyl (C=O) groups is 3. The van der Waals surface area contributed by atoms with Crippen LogP contribution >= 0.6 is 11.6 Å². The maximum absolute atomic E-state index is 13.4. The van der Waals surface area contributed by atoms with Gasteiger partial charge in [0.25, 0.3) is 11.8 Å². The molecule has 3 fully saturated rings. The highest BCUT2D eigenvalue weighted by Gasteiger charge is 2.64. The maximum Gasteiger partial charge on any atom is 0.254 e. The van der Waals surface area contributed by atoms with Crippen LogP contribution in [0, 0.1) is 22.2 Å². The number of likely N-dealkylation sites (N-methyl/N-ethyl adjacent to an activating group) is 1. The zero-order valence-corrected chi connectivity index (χ0v) is 44.0. The SMILES string of the molecule is CC[C@@H]1C(=O)N(C)c2cnc(Nc3ccc(C(=O)NCCOCCCCCOC4CCN(c5ncc(C(=O)NC6C(C)(C)C(Oc7ccc(C#N)c(Cl)c7)C6(C)C)cn5)CC4)cc3OC)nc2N1C1CCCC1. The van der Waals surface area contributed by atoms with Gasteiger partial charge in [0.05, 0.1) is 47.9 Å². The summed E-state index contributed by atoms with van der Waals surface area (Å²) in [7, 11) is 3.34. The quantitative estimate of drug-likeness (QED) is 0.0671. The molecule has 0 bridgehead atoms. The zero-order valence-electron chi connectivity index (χ0n) is 43.2. The van der Waals surface area contributed by atoms with Crippen LogP contribution in [0.3, 0.4) is 0 Å². The van der Waals surface area contributed by atoms with Gasteiger partial charge in [-0.2, -0.15) is 10.2 Å². The first-order chi connectivity index (χ1) is 35.1. The van der Waals surface area contributed by atoms with Crippen molar-refractivity contribution in [3.8, 4) is 17.6 Å². The number of nitrogens with one attached hydrogen (secondary N) is 3. The Morgan fingerprint density at radius 3 is 2.30 bits per heavy atom. The van der Waals surface area contributed by atoms with Crippen molar-refractivity contribution in [3.63, 3.8) is 0 Å². The summed E-state index contributed by atoms with van der Waals surface area (Å²) in [5.74, 6) is 2.39. The Hall–Kier alpha value is -6.29. The van der Waals surface area contributed by atoms with Gasteiger partial charge in [-0.05, 0) is 81.7 Å². The van der Waals surface area contributed by atoms with Gasteiger partial charge >= 0.3 is 0 Å². The van der Waals surface area contributed by atoms with Crippen LogP contribution in [0.5, 0.6) is 11.5 Å². The van der Waals surface area contributed by atoms with Gasteiger partial charge in [0, 0.05) is 86.8 Å². The van der Waals surface area contributed by atoms with Crippen LogP contribution in [0.1, 0.15) is 125 Å². The lowest BCUT2D eigenvalue weighted by Gasteiger charge is -2.63. The van der Waals surface area contributed by atoms with Crippen LogP contribution in [0.25, 0.3) is 0 Å². The molecule has 4 aromatic rings. The molecule has 3 N–H and O–H groups in total. The summed E-state index contributed by atoms with van der Waals surface area (Å²) >= 11 is 6.25. The van der Waals surface area contributed by atoms with Crippen molar-refractivity contribution in [3.05, 3.63) is 76.7 Å². The van der Waals surface area contributed by atoms with Crippen molar-refractivity contribution in [2.24, 2.45) is 10.8 Å². The number of amides is 3. The van der Waals surface area contributed by atoms with E-state index in [9.17, 15) is 19.6 Å². The standard InChI is InChI=1S/C54H70ClN11O7/c1-8-42-48(69)64(6)43-33-58-51(62-45(43)66(42)37-14-10-11-15-37)61-41-19-17-34(28-44(41)70-7)46(67)57-22-27-71-25-12-9-13-26-72-38-20-23-65(24-21-38)52-59-31-36(32-60-52)47(68)63-49-53(2,3)50(54(49,4)5)73-39-18-16-35(30-56)40(55)29-39/h16-19,28-29,31-33,37-38,42,49-50H,8-15,20-27H2,1-7H3,(H,57,67)(H,63,68)(H,58,61,62)/t42-,49?,50?/m1/s1. The van der Waals surface area contributed by atoms with Crippen LogP contribution < -0.4 is 40.1 Å². The molecular formula is C54H70ClN11O7. The predicted molar refractivity (Wildman–Crippen MR) is 280 cm³/mol. The van der Waals surface area contributed by atoms with Gasteiger partial charge in [-0.15, -0.1) is 0 Å². The van der Waals surface area contributed by atoms with Crippen LogP contribution in [0.15, 0.2) is 55.0 Å². The number of hydrogen-bond acceptors (Lipinski definition) is 15. The minimum Gasteiger partial charge on any atom is -0.495 e. The Balaban J connectivity index is 0.688. The molecule has 8 rings (SSSR count). The molecule has 2 aromatic carbocycles. The summed E-state index contributed by atoms with van der Waals surface area (Å²) in [6.07, 6.45) is 14.4. The minimum absolute atomic E-state index is 0.0652. The van der Waals surface area contributed by atoms with E-state index in [0.29, 0.717) is 89.3 Å². The highest BCUT2D eigenvalue weighted by molar-refractivity contribution is 6.31. The average Bonchev–Trinajstić information content (AvgIpc) is 3.93. The first-order valence-corrected chi connectivity index (χ1v) is 26.1. The molecule has 4 heterocycles. The molecule has 0 radical (unpaired) electrons. The number of piperidine rings is 1. The first kappa shape index (κ1) is 53.0. The largest absolute Gasteiger partial charge is 0.495 e. The maximum atomic E-state index is 13.4. The summed E-state index contributed by atoms with van der Waals surface area (Å²) in [5, 5.41) is 19.0. The van der Waals surface area contributed by atoms with Crippen molar-refractivity contribution in [2.75, 3.05) is 73.6 Å². The number of anilines is 5. The van der Waals surface area contributed by atoms with Gasteiger partial charge in [0.1, 0.15) is 35.4 Å². The van der Waals surface area contributed by atoms with E-state index in [-0.39, 0.29) is 58.9 Å². The number of aromatic nitrogens is 4. The van der Waals surface area contributed by atoms with Crippen molar-refractivity contribution in [1.82, 2.24) is 30.6 Å². The number of ether oxygens (including phenoxy) is 4. The average molecular weight is 1020 g/mol. The Labute approximate surface area is 433 Å². The summed E-state index contributed by atoms with van der Waals surface area (Å²) in [6.45, 7) is 13.9. The number of benzene rings is 2. The van der Waals surface area contributed by atoms with Crippen LogP contribution in [-0.4, -0.2) is 122 Å². The van der Waals surface area contributed by atoms with Crippen molar-refractivity contribution >= 4 is 58.4 Å². The molecule has 1 saturated heterocycles. The molecule has 2 aliphatic carbocycles. The molecule has 0 spiro atoms. The fourth-order valence-electron chi connectivity index (χ4n) is 11.3. The van der Waals surface area contributed by atoms with E-state index in [0.717, 1.165) is 76.7 Å². The second kappa shape index (κ2) is 23.3. The third kappa shape index (κ3) is 11.7. The molecular weight excluding hydrogens is 950 g/mol. The number of halogens is 1. The summed E-state index contributed by atoms with van der Waals surface area (Å²) in [4.78, 5) is 64.4. The summed E-state index contributed by atoms with van der Waals surface area (Å²) in [6, 6.07) is 12.1. The monoisotopic (exact) mass is 1020 g/mol. The zero-order chi connectivity index (χ0) is 51.9. The van der Waals surface area contributed by atoms with Crippen molar-refractivity contribution in [1.29, 1.82) is 5.26 Å². The molecule has 2 aromatic heterocycles. The number of nitriles is 1. The topological polar surface area (TPSA) is 209 Å². The Morgan fingerprint density at radius 2 is 1.62 bits per heavy atom. The number of methoxy groups -OCH3 is 1. The number of nitrogens with zero attached hydrogens (tertiary/aromatic N) is 8. The molecule has 390 valence electrons.